The lowest BCUT2D eigenvalue weighted by molar-refractivity contribution is -0.00491. The van der Waals surface area contributed by atoms with Gasteiger partial charge in [-0.25, -0.2) is 0 Å². The average Bonchev–Trinajstić information content (AvgIpc) is 2.30. The maximum absolute atomic E-state index is 9.78. The Labute approximate surface area is 108 Å². The summed E-state index contributed by atoms with van der Waals surface area (Å²) >= 11 is 0. The molecule has 0 aromatic heterocycles. The van der Waals surface area contributed by atoms with Gasteiger partial charge < -0.3 is 10.8 Å². The van der Waals surface area contributed by atoms with Gasteiger partial charge in [-0.3, -0.25) is 0 Å². The zero-order chi connectivity index (χ0) is 12.3. The predicted molar refractivity (Wildman–Crippen MR) is 72.4 cm³/mol. The number of anilines is 1. The minimum Gasteiger partial charge on any atom is -0.508 e. The van der Waals surface area contributed by atoms with Crippen molar-refractivity contribution in [3.8, 4) is 5.75 Å². The molecule has 4 bridgehead atoms. The van der Waals surface area contributed by atoms with Crippen LogP contribution in [-0.2, 0) is 5.41 Å². The summed E-state index contributed by atoms with van der Waals surface area (Å²) in [5.41, 5.74) is 8.61. The molecule has 0 amide bonds. The summed E-state index contributed by atoms with van der Waals surface area (Å²) in [7, 11) is 0. The van der Waals surface area contributed by atoms with Gasteiger partial charge in [0.2, 0.25) is 0 Å². The quantitative estimate of drug-likeness (QED) is 0.586. The van der Waals surface area contributed by atoms with E-state index in [1.54, 1.807) is 6.07 Å². The van der Waals surface area contributed by atoms with Crippen LogP contribution in [0.5, 0.6) is 5.75 Å². The number of nitrogen functional groups attached to an aromatic ring is 1. The zero-order valence-electron chi connectivity index (χ0n) is 10.7. The van der Waals surface area contributed by atoms with Gasteiger partial charge in [0, 0.05) is 5.69 Å². The number of benzene rings is 1. The van der Waals surface area contributed by atoms with Crippen LogP contribution >= 0.6 is 0 Å². The number of aromatic hydroxyl groups is 1. The van der Waals surface area contributed by atoms with Crippen LogP contribution in [0.1, 0.15) is 44.1 Å². The van der Waals surface area contributed by atoms with Crippen molar-refractivity contribution in [3.63, 3.8) is 0 Å². The van der Waals surface area contributed by atoms with Crippen molar-refractivity contribution >= 4 is 5.69 Å². The first-order valence-corrected chi connectivity index (χ1v) is 7.24. The van der Waals surface area contributed by atoms with Crippen molar-refractivity contribution in [2.75, 3.05) is 5.73 Å². The number of hydrogen-bond donors (Lipinski definition) is 2. The molecule has 0 heterocycles. The predicted octanol–water partition coefficient (Wildman–Crippen LogP) is 3.44. The van der Waals surface area contributed by atoms with Crippen LogP contribution < -0.4 is 5.73 Å². The summed E-state index contributed by atoms with van der Waals surface area (Å²) in [6, 6.07) is 5.52. The molecule has 3 N–H and O–H groups in total. The SMILES string of the molecule is Nc1ccc(O)cc1C12CC3CC(CC(C3)C1)C2. The van der Waals surface area contributed by atoms with Gasteiger partial charge in [0.1, 0.15) is 5.75 Å². The molecule has 4 aliphatic rings. The van der Waals surface area contributed by atoms with Crippen molar-refractivity contribution in [3.05, 3.63) is 23.8 Å². The second-order valence-corrected chi connectivity index (χ2v) is 6.97. The lowest BCUT2D eigenvalue weighted by atomic mass is 9.48. The molecule has 4 fully saturated rings. The Kier molecular flexibility index (Phi) is 2.04. The van der Waals surface area contributed by atoms with Crippen molar-refractivity contribution in [2.24, 2.45) is 17.8 Å². The Morgan fingerprint density at radius 1 is 1.00 bits per heavy atom. The Hall–Kier alpha value is -1.18. The van der Waals surface area contributed by atoms with Crippen LogP contribution in [0.25, 0.3) is 0 Å². The molecule has 96 valence electrons. The summed E-state index contributed by atoms with van der Waals surface area (Å²) in [6.45, 7) is 0. The zero-order valence-corrected chi connectivity index (χ0v) is 10.7. The van der Waals surface area contributed by atoms with Crippen LogP contribution in [0.4, 0.5) is 5.69 Å². The fourth-order valence-electron chi connectivity index (χ4n) is 5.44. The normalized spacial score (nSPS) is 41.2. The van der Waals surface area contributed by atoms with E-state index in [9.17, 15) is 5.11 Å². The van der Waals surface area contributed by atoms with Gasteiger partial charge in [0.05, 0.1) is 0 Å². The van der Waals surface area contributed by atoms with E-state index >= 15 is 0 Å². The Bertz CT molecular complexity index is 459. The third kappa shape index (κ3) is 1.41. The summed E-state index contributed by atoms with van der Waals surface area (Å²) in [5, 5.41) is 9.78. The van der Waals surface area contributed by atoms with Gasteiger partial charge in [-0.1, -0.05) is 0 Å². The van der Waals surface area contributed by atoms with Gasteiger partial charge in [-0.2, -0.15) is 0 Å². The molecule has 0 spiro atoms. The number of hydrogen-bond acceptors (Lipinski definition) is 2. The number of nitrogens with two attached hydrogens (primary N) is 1. The fourth-order valence-corrected chi connectivity index (χ4v) is 5.44. The maximum Gasteiger partial charge on any atom is 0.116 e. The molecule has 18 heavy (non-hydrogen) atoms. The highest BCUT2D eigenvalue weighted by Crippen LogP contribution is 2.61. The second kappa shape index (κ2) is 3.43. The maximum atomic E-state index is 9.78. The molecule has 0 aliphatic heterocycles. The summed E-state index contributed by atoms with van der Waals surface area (Å²) in [5.74, 6) is 3.11. The van der Waals surface area contributed by atoms with Crippen molar-refractivity contribution in [1.82, 2.24) is 0 Å². The Morgan fingerprint density at radius 3 is 2.11 bits per heavy atom. The third-order valence-corrected chi connectivity index (χ3v) is 5.65. The van der Waals surface area contributed by atoms with Crippen LogP contribution in [0.2, 0.25) is 0 Å². The molecule has 1 aromatic carbocycles. The number of phenols is 1. The molecule has 4 aliphatic carbocycles. The van der Waals surface area contributed by atoms with E-state index in [2.05, 4.69) is 0 Å². The van der Waals surface area contributed by atoms with E-state index in [0.717, 1.165) is 23.4 Å². The molecule has 2 heteroatoms. The van der Waals surface area contributed by atoms with Crippen molar-refractivity contribution in [1.29, 1.82) is 0 Å². The summed E-state index contributed by atoms with van der Waals surface area (Å²) in [6.07, 6.45) is 8.22. The molecule has 0 atom stereocenters. The first-order valence-electron chi connectivity index (χ1n) is 7.24. The van der Waals surface area contributed by atoms with Gasteiger partial charge in [0.25, 0.3) is 0 Å². The minimum atomic E-state index is 0.289. The third-order valence-electron chi connectivity index (χ3n) is 5.65. The van der Waals surface area contributed by atoms with Crippen LogP contribution in [0.15, 0.2) is 18.2 Å². The van der Waals surface area contributed by atoms with Gasteiger partial charge >= 0.3 is 0 Å². The molecule has 0 unspecified atom stereocenters. The van der Waals surface area contributed by atoms with E-state index in [4.69, 9.17) is 5.73 Å². The Balaban J connectivity index is 1.81. The largest absolute Gasteiger partial charge is 0.508 e. The van der Waals surface area contributed by atoms with E-state index in [0.29, 0.717) is 5.75 Å². The van der Waals surface area contributed by atoms with Crippen LogP contribution in [0.3, 0.4) is 0 Å². The topological polar surface area (TPSA) is 46.2 Å². The Morgan fingerprint density at radius 2 is 1.56 bits per heavy atom. The highest BCUT2D eigenvalue weighted by Gasteiger charge is 2.52. The van der Waals surface area contributed by atoms with Gasteiger partial charge in [-0.05, 0) is 85.5 Å². The van der Waals surface area contributed by atoms with Crippen molar-refractivity contribution in [2.45, 2.75) is 43.9 Å². The van der Waals surface area contributed by atoms with Gasteiger partial charge in [-0.15, -0.1) is 0 Å². The first-order chi connectivity index (χ1) is 8.64. The number of phenolic OH excluding ortho intramolecular Hbond substituents is 1. The monoisotopic (exact) mass is 243 g/mol. The van der Waals surface area contributed by atoms with Crippen LogP contribution in [-0.4, -0.2) is 5.11 Å². The van der Waals surface area contributed by atoms with Crippen LogP contribution in [0, 0.1) is 17.8 Å². The molecule has 1 aromatic rings. The second-order valence-electron chi connectivity index (χ2n) is 6.97. The fraction of sp³-hybridized carbons (Fsp3) is 0.625. The van der Waals surface area contributed by atoms with E-state index in [1.165, 1.54) is 44.1 Å². The highest BCUT2D eigenvalue weighted by molar-refractivity contribution is 5.54. The molecule has 2 nitrogen and oxygen atoms in total. The minimum absolute atomic E-state index is 0.289. The van der Waals surface area contributed by atoms with Gasteiger partial charge in [0.15, 0.2) is 0 Å². The van der Waals surface area contributed by atoms with Crippen molar-refractivity contribution < 1.29 is 5.11 Å². The molecule has 4 saturated carbocycles. The highest BCUT2D eigenvalue weighted by atomic mass is 16.3. The standard InChI is InChI=1S/C16H21NO/c17-15-2-1-13(18)6-14(15)16-7-10-3-11(8-16)5-12(4-10)9-16/h1-2,6,10-12,18H,3-5,7-9,17H2. The lowest BCUT2D eigenvalue weighted by Crippen LogP contribution is -2.48. The lowest BCUT2D eigenvalue weighted by Gasteiger charge is -2.57. The first kappa shape index (κ1) is 10.7. The average molecular weight is 243 g/mol. The van der Waals surface area contributed by atoms with E-state index in [-0.39, 0.29) is 5.41 Å². The number of rotatable bonds is 1. The van der Waals surface area contributed by atoms with E-state index in [1.807, 2.05) is 12.1 Å². The molecule has 5 rings (SSSR count). The molecule has 0 radical (unpaired) electrons. The summed E-state index contributed by atoms with van der Waals surface area (Å²) in [4.78, 5) is 0. The summed E-state index contributed by atoms with van der Waals surface area (Å²) < 4.78 is 0. The molecular weight excluding hydrogens is 222 g/mol. The molecular formula is C16H21NO. The van der Waals surface area contributed by atoms with E-state index < -0.39 is 0 Å². The molecule has 0 saturated heterocycles. The smallest absolute Gasteiger partial charge is 0.116 e.